The molecule has 0 amide bonds. The third-order valence-corrected chi connectivity index (χ3v) is 13.7. The number of allylic oxidation sites excluding steroid dienone is 2. The number of aryl methyl sites for hydroxylation is 1. The number of rotatable bonds is 7. The standard InChI is InChI=1S/C30H20N3O.C17H22GeN.Ir/c1-4-20(5-2)21-11-13-22(14-12-21)33-26-9-7-6-8-25(26)32-30(33)24-16-17-31-28-23-15-10-19(3)18-27(23)34-29(24)28;1-13(2)15-11-17(14-9-7-6-8-10-14)19-12-16(15)18(3,4)5;/h4,6-15,17-18H,1-2H2,3H3;6-9,11-13H,1-5H3;/q2*-1;. The summed E-state index contributed by atoms with van der Waals surface area (Å²) in [6.07, 6.45) is 5.57. The fourth-order valence-electron chi connectivity index (χ4n) is 6.69. The number of nitrogens with zero attached hydrogens (tertiary/aromatic N) is 4. The van der Waals surface area contributed by atoms with E-state index < -0.39 is 13.3 Å². The first-order valence-electron chi connectivity index (χ1n) is 17.9. The van der Waals surface area contributed by atoms with Crippen LogP contribution in [0.15, 0.2) is 139 Å². The second kappa shape index (κ2) is 16.1. The second-order valence-corrected chi connectivity index (χ2v) is 25.1. The van der Waals surface area contributed by atoms with Gasteiger partial charge in [0.15, 0.2) is 0 Å². The molecule has 0 N–H and O–H groups in total. The zero-order chi connectivity index (χ0) is 37.3. The van der Waals surface area contributed by atoms with Gasteiger partial charge in [-0.2, -0.15) is 0 Å². The van der Waals surface area contributed by atoms with E-state index in [0.717, 1.165) is 72.6 Å². The number of benzene rings is 4. The minimum Gasteiger partial charge on any atom is 0 e. The molecule has 7 heteroatoms. The Morgan fingerprint density at radius 3 is 2.37 bits per heavy atom. The van der Waals surface area contributed by atoms with Crippen molar-refractivity contribution in [3.63, 3.8) is 0 Å². The molecule has 4 aromatic carbocycles. The number of hydrogen-bond acceptors (Lipinski definition) is 4. The Hall–Kier alpha value is -5.10. The molecular weight excluding hydrogens is 901 g/mol. The van der Waals surface area contributed by atoms with Gasteiger partial charge in [0.25, 0.3) is 0 Å². The number of para-hydroxylation sites is 2. The molecule has 0 unspecified atom stereocenters. The van der Waals surface area contributed by atoms with Crippen LogP contribution in [0.3, 0.4) is 0 Å². The maximum Gasteiger partial charge on any atom is 0 e. The zero-order valence-electron chi connectivity index (χ0n) is 31.5. The van der Waals surface area contributed by atoms with Crippen LogP contribution in [-0.2, 0) is 20.1 Å². The van der Waals surface area contributed by atoms with Crippen molar-refractivity contribution >= 4 is 56.3 Å². The molecule has 0 spiro atoms. The van der Waals surface area contributed by atoms with Gasteiger partial charge in [-0.25, -0.2) is 0 Å². The van der Waals surface area contributed by atoms with Crippen LogP contribution in [0.5, 0.6) is 0 Å². The predicted octanol–water partition coefficient (Wildman–Crippen LogP) is 11.7. The summed E-state index contributed by atoms with van der Waals surface area (Å²) >= 11 is -1.85. The summed E-state index contributed by atoms with van der Waals surface area (Å²) in [5.41, 5.74) is 15.5. The third-order valence-electron chi connectivity index (χ3n) is 9.42. The molecule has 8 aromatic rings. The van der Waals surface area contributed by atoms with Gasteiger partial charge in [-0.3, -0.25) is 9.97 Å². The molecule has 0 aliphatic heterocycles. The quantitative estimate of drug-likeness (QED) is 0.0691. The van der Waals surface area contributed by atoms with Crippen molar-refractivity contribution in [3.8, 4) is 28.3 Å². The molecule has 0 aliphatic rings. The van der Waals surface area contributed by atoms with Gasteiger partial charge in [-0.1, -0.05) is 49.6 Å². The molecule has 271 valence electrons. The van der Waals surface area contributed by atoms with Gasteiger partial charge in [0.05, 0.1) is 22.1 Å². The Bertz CT molecular complexity index is 2660. The largest absolute Gasteiger partial charge is 0 e. The van der Waals surface area contributed by atoms with E-state index in [4.69, 9.17) is 9.40 Å². The van der Waals surface area contributed by atoms with Crippen molar-refractivity contribution in [2.24, 2.45) is 0 Å². The normalized spacial score (nSPS) is 11.2. The van der Waals surface area contributed by atoms with Gasteiger partial charge in [-0.15, -0.1) is 17.4 Å². The summed E-state index contributed by atoms with van der Waals surface area (Å²) < 4.78 is 9.96. The van der Waals surface area contributed by atoms with Gasteiger partial charge in [0.1, 0.15) is 5.58 Å². The zero-order valence-corrected chi connectivity index (χ0v) is 36.0. The van der Waals surface area contributed by atoms with Gasteiger partial charge in [0, 0.05) is 42.6 Å². The van der Waals surface area contributed by atoms with E-state index in [9.17, 15) is 0 Å². The summed E-state index contributed by atoms with van der Waals surface area (Å²) in [5, 5.41) is 0.982. The van der Waals surface area contributed by atoms with Crippen molar-refractivity contribution in [3.05, 3.63) is 163 Å². The number of aromatic nitrogens is 4. The molecule has 0 aliphatic carbocycles. The summed E-state index contributed by atoms with van der Waals surface area (Å²) in [5.74, 6) is 8.58. The smallest absolute Gasteiger partial charge is 0 e. The molecule has 5 nitrogen and oxygen atoms in total. The van der Waals surface area contributed by atoms with E-state index in [0.29, 0.717) is 11.5 Å². The molecule has 4 heterocycles. The summed E-state index contributed by atoms with van der Waals surface area (Å²) in [7, 11) is 0. The van der Waals surface area contributed by atoms with E-state index in [1.165, 1.54) is 9.96 Å². The first-order valence-corrected chi connectivity index (χ1v) is 25.2. The molecule has 1 radical (unpaired) electrons. The number of imidazole rings is 1. The Kier molecular flexibility index (Phi) is 11.5. The van der Waals surface area contributed by atoms with E-state index in [1.807, 2.05) is 54.6 Å². The van der Waals surface area contributed by atoms with Gasteiger partial charge < -0.3 is 8.98 Å². The fraction of sp³-hybridized carbons (Fsp3) is 0.149. The SMILES string of the molecule is C=C=C(C=C)c1ccc(-n2c(-c3[c-]cnc4c3oc3cc(C)ccc34)nc3ccccc32)cc1.CC(C)c1cc(-c2[c-]cccc2)nc[c]1[Ge]([CH3])([CH3])[CH3].[Ir]. The van der Waals surface area contributed by atoms with E-state index in [2.05, 4.69) is 132 Å². The minimum absolute atomic E-state index is 0. The van der Waals surface area contributed by atoms with Crippen molar-refractivity contribution in [1.29, 1.82) is 0 Å². The van der Waals surface area contributed by atoms with Crippen molar-refractivity contribution in [2.75, 3.05) is 0 Å². The predicted molar refractivity (Wildman–Crippen MR) is 223 cm³/mol. The molecule has 0 saturated heterocycles. The molecule has 8 rings (SSSR count). The van der Waals surface area contributed by atoms with E-state index in [-0.39, 0.29) is 20.1 Å². The van der Waals surface area contributed by atoms with Crippen LogP contribution >= 0.6 is 0 Å². The first kappa shape index (κ1) is 38.6. The van der Waals surface area contributed by atoms with Crippen LogP contribution in [-0.4, -0.2) is 32.8 Å². The molecule has 0 bridgehead atoms. The number of fused-ring (bicyclic) bond motifs is 4. The fourth-order valence-corrected chi connectivity index (χ4v) is 10.2. The summed E-state index contributed by atoms with van der Waals surface area (Å²) in [6, 6.07) is 39.3. The summed E-state index contributed by atoms with van der Waals surface area (Å²) in [4.78, 5) is 14.2. The van der Waals surface area contributed by atoms with Crippen LogP contribution < -0.4 is 4.40 Å². The van der Waals surface area contributed by atoms with E-state index >= 15 is 0 Å². The van der Waals surface area contributed by atoms with Crippen LogP contribution in [0.25, 0.3) is 67.0 Å². The number of hydrogen-bond donors (Lipinski definition) is 0. The Morgan fingerprint density at radius 2 is 1.69 bits per heavy atom. The third kappa shape index (κ3) is 7.62. The average molecular weight is 944 g/mol. The van der Waals surface area contributed by atoms with Crippen molar-refractivity contribution in [1.82, 2.24) is 19.5 Å². The van der Waals surface area contributed by atoms with Crippen LogP contribution in [0.1, 0.15) is 36.5 Å². The van der Waals surface area contributed by atoms with Crippen molar-refractivity contribution < 1.29 is 24.5 Å². The van der Waals surface area contributed by atoms with Crippen LogP contribution in [0.2, 0.25) is 17.3 Å². The maximum atomic E-state index is 6.31. The first-order chi connectivity index (χ1) is 25.6. The van der Waals surface area contributed by atoms with Crippen LogP contribution in [0, 0.1) is 19.1 Å². The minimum atomic E-state index is -1.85. The van der Waals surface area contributed by atoms with E-state index in [1.54, 1.807) is 12.3 Å². The monoisotopic (exact) mass is 945 g/mol. The Morgan fingerprint density at radius 1 is 0.926 bits per heavy atom. The topological polar surface area (TPSA) is 56.7 Å². The molecule has 0 saturated carbocycles. The Labute approximate surface area is 333 Å². The Balaban J connectivity index is 0.000000213. The molecule has 0 atom stereocenters. The van der Waals surface area contributed by atoms with Crippen LogP contribution in [0.4, 0.5) is 0 Å². The number of furan rings is 1. The molecular formula is C47H42GeIrN4O-2. The van der Waals surface area contributed by atoms with Crippen molar-refractivity contribution in [2.45, 2.75) is 44.0 Å². The summed E-state index contributed by atoms with van der Waals surface area (Å²) in [6.45, 7) is 14.2. The second-order valence-electron chi connectivity index (χ2n) is 14.5. The molecule has 4 aromatic heterocycles. The van der Waals surface area contributed by atoms with Gasteiger partial charge in [0.2, 0.25) is 0 Å². The average Bonchev–Trinajstić information content (AvgIpc) is 3.74. The number of pyridine rings is 2. The van der Waals surface area contributed by atoms with Gasteiger partial charge >= 0.3 is 119 Å². The molecule has 0 fully saturated rings. The van der Waals surface area contributed by atoms with Gasteiger partial charge in [-0.05, 0) is 60.6 Å². The molecule has 54 heavy (non-hydrogen) atoms. The maximum absolute atomic E-state index is 6.31.